The van der Waals surface area contributed by atoms with E-state index in [2.05, 4.69) is 10.6 Å². The Morgan fingerprint density at radius 2 is 1.91 bits per heavy atom. The number of nitro benzene ring substituents is 1. The van der Waals surface area contributed by atoms with E-state index in [-0.39, 0.29) is 24.7 Å². The fourth-order valence-corrected chi connectivity index (χ4v) is 2.04. The standard InChI is InChI=1S/C15H14ClN3O4/c16-13-6-1-10(9-20)7-14(13)17-8-15(21)18-11-2-4-12(5-3-11)19(22)23/h1-7,17,20H,8-9H2,(H,18,21). The summed E-state index contributed by atoms with van der Waals surface area (Å²) in [4.78, 5) is 21.9. The van der Waals surface area contributed by atoms with Gasteiger partial charge in [-0.15, -0.1) is 0 Å². The number of hydrogen-bond donors (Lipinski definition) is 3. The number of nitrogens with one attached hydrogen (secondary N) is 2. The van der Waals surface area contributed by atoms with E-state index in [1.54, 1.807) is 18.2 Å². The maximum absolute atomic E-state index is 11.9. The minimum atomic E-state index is -0.511. The molecule has 120 valence electrons. The molecule has 7 nitrogen and oxygen atoms in total. The number of benzene rings is 2. The molecule has 0 fully saturated rings. The molecule has 8 heteroatoms. The fraction of sp³-hybridized carbons (Fsp3) is 0.133. The average Bonchev–Trinajstić information content (AvgIpc) is 2.54. The zero-order valence-corrected chi connectivity index (χ0v) is 12.7. The summed E-state index contributed by atoms with van der Waals surface area (Å²) in [5.74, 6) is -0.329. The highest BCUT2D eigenvalue weighted by atomic mass is 35.5. The second kappa shape index (κ2) is 7.57. The van der Waals surface area contributed by atoms with Crippen molar-refractivity contribution in [3.8, 4) is 0 Å². The number of rotatable bonds is 6. The normalized spacial score (nSPS) is 10.2. The van der Waals surface area contributed by atoms with Gasteiger partial charge in [0.05, 0.1) is 28.8 Å². The van der Waals surface area contributed by atoms with Crippen molar-refractivity contribution >= 4 is 34.6 Å². The molecule has 0 unspecified atom stereocenters. The molecule has 0 aromatic heterocycles. The lowest BCUT2D eigenvalue weighted by Crippen LogP contribution is -2.21. The Kier molecular flexibility index (Phi) is 5.51. The molecule has 0 saturated carbocycles. The van der Waals surface area contributed by atoms with Crippen molar-refractivity contribution in [2.24, 2.45) is 0 Å². The number of amides is 1. The second-order valence-corrected chi connectivity index (χ2v) is 5.09. The first-order chi connectivity index (χ1) is 11.0. The summed E-state index contributed by atoms with van der Waals surface area (Å²) in [5, 5.41) is 25.6. The van der Waals surface area contributed by atoms with Gasteiger partial charge in [0, 0.05) is 17.8 Å². The number of non-ortho nitro benzene ring substituents is 1. The second-order valence-electron chi connectivity index (χ2n) is 4.68. The van der Waals surface area contributed by atoms with Crippen LogP contribution in [-0.4, -0.2) is 22.5 Å². The summed E-state index contributed by atoms with van der Waals surface area (Å²) in [6.45, 7) is -0.160. The van der Waals surface area contributed by atoms with E-state index in [0.29, 0.717) is 22.0 Å². The molecule has 2 aromatic carbocycles. The number of carbonyl (C=O) groups is 1. The molecular weight excluding hydrogens is 322 g/mol. The predicted octanol–water partition coefficient (Wildman–Crippen LogP) is 2.79. The maximum atomic E-state index is 11.9. The summed E-state index contributed by atoms with van der Waals surface area (Å²) in [5.41, 5.74) is 1.62. The predicted molar refractivity (Wildman–Crippen MR) is 87.6 cm³/mol. The van der Waals surface area contributed by atoms with Gasteiger partial charge in [-0.3, -0.25) is 14.9 Å². The topological polar surface area (TPSA) is 104 Å². The van der Waals surface area contributed by atoms with Crippen LogP contribution in [-0.2, 0) is 11.4 Å². The molecule has 0 radical (unpaired) electrons. The first-order valence-corrected chi connectivity index (χ1v) is 7.05. The molecule has 0 atom stereocenters. The van der Waals surface area contributed by atoms with Crippen LogP contribution in [0.3, 0.4) is 0 Å². The van der Waals surface area contributed by atoms with Gasteiger partial charge in [0.2, 0.25) is 5.91 Å². The largest absolute Gasteiger partial charge is 0.392 e. The monoisotopic (exact) mass is 335 g/mol. The zero-order valence-electron chi connectivity index (χ0n) is 12.0. The summed E-state index contributed by atoms with van der Waals surface area (Å²) in [6, 6.07) is 10.5. The Hall–Kier alpha value is -2.64. The molecule has 2 rings (SSSR count). The highest BCUT2D eigenvalue weighted by Crippen LogP contribution is 2.23. The number of anilines is 2. The van der Waals surface area contributed by atoms with Crippen LogP contribution in [0.1, 0.15) is 5.56 Å². The van der Waals surface area contributed by atoms with E-state index in [9.17, 15) is 14.9 Å². The van der Waals surface area contributed by atoms with E-state index >= 15 is 0 Å². The Morgan fingerprint density at radius 3 is 2.52 bits per heavy atom. The number of nitro groups is 1. The van der Waals surface area contributed by atoms with Crippen molar-refractivity contribution in [3.05, 3.63) is 63.2 Å². The Morgan fingerprint density at radius 1 is 1.22 bits per heavy atom. The summed E-state index contributed by atoms with van der Waals surface area (Å²) >= 11 is 6.00. The number of nitrogens with zero attached hydrogens (tertiary/aromatic N) is 1. The lowest BCUT2D eigenvalue weighted by atomic mass is 10.2. The lowest BCUT2D eigenvalue weighted by molar-refractivity contribution is -0.384. The van der Waals surface area contributed by atoms with E-state index < -0.39 is 4.92 Å². The van der Waals surface area contributed by atoms with Crippen LogP contribution in [0.5, 0.6) is 0 Å². The van der Waals surface area contributed by atoms with Gasteiger partial charge < -0.3 is 15.7 Å². The maximum Gasteiger partial charge on any atom is 0.269 e. The van der Waals surface area contributed by atoms with Gasteiger partial charge >= 0.3 is 0 Å². The summed E-state index contributed by atoms with van der Waals surface area (Å²) < 4.78 is 0. The third-order valence-corrected chi connectivity index (χ3v) is 3.34. The van der Waals surface area contributed by atoms with Crippen LogP contribution in [0.15, 0.2) is 42.5 Å². The molecule has 0 heterocycles. The van der Waals surface area contributed by atoms with Gasteiger partial charge in [-0.1, -0.05) is 17.7 Å². The first kappa shape index (κ1) is 16.7. The van der Waals surface area contributed by atoms with Crippen LogP contribution >= 0.6 is 11.6 Å². The van der Waals surface area contributed by atoms with E-state index in [4.69, 9.17) is 16.7 Å². The minimum absolute atomic E-state index is 0.0361. The summed E-state index contributed by atoms with van der Waals surface area (Å²) in [6.07, 6.45) is 0. The molecular formula is C15H14ClN3O4. The quantitative estimate of drug-likeness (QED) is 0.556. The molecule has 0 bridgehead atoms. The van der Waals surface area contributed by atoms with Crippen LogP contribution < -0.4 is 10.6 Å². The molecule has 1 amide bonds. The van der Waals surface area contributed by atoms with Crippen LogP contribution in [0, 0.1) is 10.1 Å². The SMILES string of the molecule is O=C(CNc1cc(CO)ccc1Cl)Nc1ccc([N+](=O)[O-])cc1. The molecule has 0 aliphatic heterocycles. The van der Waals surface area contributed by atoms with Crippen LogP contribution in [0.2, 0.25) is 5.02 Å². The van der Waals surface area contributed by atoms with E-state index in [1.165, 1.54) is 24.3 Å². The highest BCUT2D eigenvalue weighted by Gasteiger charge is 2.08. The van der Waals surface area contributed by atoms with Gasteiger partial charge in [-0.2, -0.15) is 0 Å². The molecule has 0 spiro atoms. The number of hydrogen-bond acceptors (Lipinski definition) is 5. The third-order valence-electron chi connectivity index (χ3n) is 3.01. The van der Waals surface area contributed by atoms with Crippen molar-refractivity contribution in [1.29, 1.82) is 0 Å². The van der Waals surface area contributed by atoms with Crippen molar-refractivity contribution in [2.45, 2.75) is 6.61 Å². The Balaban J connectivity index is 1.93. The van der Waals surface area contributed by atoms with E-state index in [1.807, 2.05) is 0 Å². The Labute approximate surface area is 137 Å². The van der Waals surface area contributed by atoms with Crippen molar-refractivity contribution < 1.29 is 14.8 Å². The van der Waals surface area contributed by atoms with E-state index in [0.717, 1.165) is 0 Å². The number of aliphatic hydroxyl groups is 1. The molecule has 0 saturated heterocycles. The number of halogens is 1. The molecule has 0 aliphatic rings. The van der Waals surface area contributed by atoms with Gasteiger partial charge in [0.1, 0.15) is 0 Å². The van der Waals surface area contributed by atoms with Gasteiger partial charge in [-0.25, -0.2) is 0 Å². The molecule has 23 heavy (non-hydrogen) atoms. The third kappa shape index (κ3) is 4.67. The van der Waals surface area contributed by atoms with Crippen molar-refractivity contribution in [3.63, 3.8) is 0 Å². The van der Waals surface area contributed by atoms with Gasteiger partial charge in [0.15, 0.2) is 0 Å². The lowest BCUT2D eigenvalue weighted by Gasteiger charge is -2.10. The smallest absolute Gasteiger partial charge is 0.269 e. The number of aliphatic hydroxyl groups excluding tert-OH is 1. The first-order valence-electron chi connectivity index (χ1n) is 6.67. The molecule has 3 N–H and O–H groups in total. The fourth-order valence-electron chi connectivity index (χ4n) is 1.85. The van der Waals surface area contributed by atoms with Crippen molar-refractivity contribution in [2.75, 3.05) is 17.2 Å². The van der Waals surface area contributed by atoms with Crippen LogP contribution in [0.25, 0.3) is 0 Å². The zero-order chi connectivity index (χ0) is 16.8. The molecule has 2 aromatic rings. The minimum Gasteiger partial charge on any atom is -0.392 e. The Bertz CT molecular complexity index is 719. The summed E-state index contributed by atoms with van der Waals surface area (Å²) in [7, 11) is 0. The van der Waals surface area contributed by atoms with Crippen molar-refractivity contribution in [1.82, 2.24) is 0 Å². The highest BCUT2D eigenvalue weighted by molar-refractivity contribution is 6.33. The van der Waals surface area contributed by atoms with Gasteiger partial charge in [0.25, 0.3) is 5.69 Å². The molecule has 0 aliphatic carbocycles. The number of carbonyl (C=O) groups excluding carboxylic acids is 1. The van der Waals surface area contributed by atoms with Gasteiger partial charge in [-0.05, 0) is 29.8 Å². The average molecular weight is 336 g/mol. The van der Waals surface area contributed by atoms with Crippen LogP contribution in [0.4, 0.5) is 17.1 Å².